The summed E-state index contributed by atoms with van der Waals surface area (Å²) in [5, 5.41) is -0.252. The van der Waals surface area contributed by atoms with Crippen molar-refractivity contribution in [2.24, 2.45) is 0 Å². The molecule has 1 unspecified atom stereocenters. The second-order valence-electron chi connectivity index (χ2n) is 6.55. The molecular formula is C18H15ClFNO4S. The molecule has 0 radical (unpaired) electrons. The van der Waals surface area contributed by atoms with Gasteiger partial charge in [-0.05, 0) is 30.3 Å². The summed E-state index contributed by atoms with van der Waals surface area (Å²) >= 11 is 5.72. The predicted octanol–water partition coefficient (Wildman–Crippen LogP) is 3.28. The molecule has 1 spiro atoms. The van der Waals surface area contributed by atoms with Crippen LogP contribution in [-0.4, -0.2) is 37.2 Å². The Morgan fingerprint density at radius 2 is 1.96 bits per heavy atom. The number of hydrogen-bond donors (Lipinski definition) is 0. The largest absolute Gasteiger partial charge is 0.485 e. The number of benzene rings is 2. The molecule has 2 aromatic rings. The fourth-order valence-electron chi connectivity index (χ4n) is 3.47. The summed E-state index contributed by atoms with van der Waals surface area (Å²) in [4.78, 5) is 12.4. The molecule has 1 fully saturated rings. The molecule has 0 bridgehead atoms. The minimum absolute atomic E-state index is 0.0593. The van der Waals surface area contributed by atoms with Crippen molar-refractivity contribution in [3.05, 3.63) is 58.9 Å². The first-order chi connectivity index (χ1) is 12.3. The average Bonchev–Trinajstić information content (AvgIpc) is 3.01. The maximum atomic E-state index is 13.3. The maximum absolute atomic E-state index is 13.3. The third kappa shape index (κ3) is 2.80. The standard InChI is InChI=1S/C18H15ClFNO4S/c19-14-9-12(5-6-15(14)20)26(23,24)21-8-7-18(11-21)10-16(22)13-3-1-2-4-17(13)25-18/h1-6,9H,7-8,10-11H2. The van der Waals surface area contributed by atoms with E-state index in [9.17, 15) is 17.6 Å². The van der Waals surface area contributed by atoms with E-state index >= 15 is 0 Å². The molecular weight excluding hydrogens is 381 g/mol. The van der Waals surface area contributed by atoms with Gasteiger partial charge in [-0.15, -0.1) is 0 Å². The molecule has 26 heavy (non-hydrogen) atoms. The predicted molar refractivity (Wildman–Crippen MR) is 93.5 cm³/mol. The number of hydrogen-bond acceptors (Lipinski definition) is 4. The molecule has 0 aliphatic carbocycles. The van der Waals surface area contributed by atoms with Gasteiger partial charge in [-0.1, -0.05) is 23.7 Å². The van der Waals surface area contributed by atoms with Gasteiger partial charge >= 0.3 is 0 Å². The number of nitrogens with zero attached hydrogens (tertiary/aromatic N) is 1. The van der Waals surface area contributed by atoms with Crippen LogP contribution in [0.1, 0.15) is 23.2 Å². The fraction of sp³-hybridized carbons (Fsp3) is 0.278. The summed E-state index contributed by atoms with van der Waals surface area (Å²) in [5.74, 6) is -0.259. The van der Waals surface area contributed by atoms with Crippen LogP contribution in [0.3, 0.4) is 0 Å². The first kappa shape index (κ1) is 17.5. The number of ether oxygens (including phenoxy) is 1. The van der Waals surface area contributed by atoms with Gasteiger partial charge in [0.15, 0.2) is 5.78 Å². The lowest BCUT2D eigenvalue weighted by Crippen LogP contribution is -2.45. The van der Waals surface area contributed by atoms with E-state index in [2.05, 4.69) is 0 Å². The summed E-state index contributed by atoms with van der Waals surface area (Å²) in [5.41, 5.74) is -0.354. The molecule has 136 valence electrons. The molecule has 0 saturated carbocycles. The molecule has 2 aliphatic heterocycles. The third-order valence-corrected chi connectivity index (χ3v) is 6.94. The van der Waals surface area contributed by atoms with Crippen LogP contribution in [0.5, 0.6) is 5.75 Å². The van der Waals surface area contributed by atoms with Gasteiger partial charge < -0.3 is 4.74 Å². The number of carbonyl (C=O) groups is 1. The highest BCUT2D eigenvalue weighted by atomic mass is 35.5. The van der Waals surface area contributed by atoms with Crippen LogP contribution >= 0.6 is 11.6 Å². The molecule has 2 heterocycles. The van der Waals surface area contributed by atoms with E-state index in [1.54, 1.807) is 24.3 Å². The van der Waals surface area contributed by atoms with Gasteiger partial charge in [0.1, 0.15) is 17.2 Å². The minimum atomic E-state index is -3.86. The monoisotopic (exact) mass is 395 g/mol. The van der Waals surface area contributed by atoms with Gasteiger partial charge in [0.25, 0.3) is 0 Å². The Hall–Kier alpha value is -1.96. The van der Waals surface area contributed by atoms with Gasteiger partial charge in [0.05, 0.1) is 28.4 Å². The highest BCUT2D eigenvalue weighted by Gasteiger charge is 2.48. The number of sulfonamides is 1. The van der Waals surface area contributed by atoms with Gasteiger partial charge in [0.2, 0.25) is 10.0 Å². The van der Waals surface area contributed by atoms with E-state index in [1.807, 2.05) is 0 Å². The topological polar surface area (TPSA) is 63.7 Å². The van der Waals surface area contributed by atoms with Gasteiger partial charge in [-0.25, -0.2) is 12.8 Å². The fourth-order valence-corrected chi connectivity index (χ4v) is 5.26. The summed E-state index contributed by atoms with van der Waals surface area (Å²) < 4.78 is 46.4. The molecule has 2 aliphatic rings. The van der Waals surface area contributed by atoms with Gasteiger partial charge in [0, 0.05) is 13.0 Å². The summed E-state index contributed by atoms with van der Waals surface area (Å²) in [6.07, 6.45) is 0.529. The Balaban J connectivity index is 1.62. The Labute approximate surface area is 155 Å². The van der Waals surface area contributed by atoms with Crippen LogP contribution in [0.4, 0.5) is 4.39 Å². The van der Waals surface area contributed by atoms with Crippen LogP contribution in [0.25, 0.3) is 0 Å². The summed E-state index contributed by atoms with van der Waals surface area (Å²) in [6, 6.07) is 10.3. The molecule has 8 heteroatoms. The SMILES string of the molecule is O=C1CC2(CCN(S(=O)(=O)c3ccc(F)c(Cl)c3)C2)Oc2ccccc21. The number of rotatable bonds is 2. The number of fused-ring (bicyclic) bond motifs is 1. The molecule has 0 N–H and O–H groups in total. The smallest absolute Gasteiger partial charge is 0.243 e. The van der Waals surface area contributed by atoms with E-state index in [4.69, 9.17) is 16.3 Å². The maximum Gasteiger partial charge on any atom is 0.243 e. The van der Waals surface area contributed by atoms with Gasteiger partial charge in [-0.3, -0.25) is 4.79 Å². The van der Waals surface area contributed by atoms with E-state index in [0.29, 0.717) is 17.7 Å². The normalized spacial score (nSPS) is 23.1. The van der Waals surface area contributed by atoms with Crippen LogP contribution in [0.15, 0.2) is 47.4 Å². The molecule has 2 aromatic carbocycles. The van der Waals surface area contributed by atoms with Crippen molar-refractivity contribution in [1.82, 2.24) is 4.31 Å². The van der Waals surface area contributed by atoms with Crippen LogP contribution in [0, 0.1) is 5.82 Å². The Kier molecular flexibility index (Phi) is 4.06. The molecule has 4 rings (SSSR count). The number of Topliss-reactive ketones (excluding diaryl/α,β-unsaturated/α-hetero) is 1. The molecule has 1 saturated heterocycles. The first-order valence-electron chi connectivity index (χ1n) is 8.07. The summed E-state index contributed by atoms with van der Waals surface area (Å²) in [7, 11) is -3.86. The lowest BCUT2D eigenvalue weighted by molar-refractivity contribution is 0.0498. The number of halogens is 2. The van der Waals surface area contributed by atoms with Crippen molar-refractivity contribution in [3.63, 3.8) is 0 Å². The van der Waals surface area contributed by atoms with Crippen molar-refractivity contribution in [3.8, 4) is 5.75 Å². The number of ketones is 1. The number of para-hydroxylation sites is 1. The van der Waals surface area contributed by atoms with E-state index in [-0.39, 0.29) is 35.2 Å². The second-order valence-corrected chi connectivity index (χ2v) is 8.89. The Morgan fingerprint density at radius 3 is 2.73 bits per heavy atom. The molecule has 0 amide bonds. The third-order valence-electron chi connectivity index (χ3n) is 4.81. The Morgan fingerprint density at radius 1 is 1.19 bits per heavy atom. The minimum Gasteiger partial charge on any atom is -0.485 e. The highest BCUT2D eigenvalue weighted by Crippen LogP contribution is 2.40. The molecule has 5 nitrogen and oxygen atoms in total. The molecule has 0 aromatic heterocycles. The lowest BCUT2D eigenvalue weighted by atomic mass is 9.89. The zero-order valence-electron chi connectivity index (χ0n) is 13.6. The average molecular weight is 396 g/mol. The van der Waals surface area contributed by atoms with Crippen LogP contribution < -0.4 is 4.74 Å². The second kappa shape index (κ2) is 6.04. The Bertz CT molecular complexity index is 1010. The van der Waals surface area contributed by atoms with E-state index < -0.39 is 21.4 Å². The lowest BCUT2D eigenvalue weighted by Gasteiger charge is -2.34. The van der Waals surface area contributed by atoms with Crippen LogP contribution in [0.2, 0.25) is 5.02 Å². The molecule has 1 atom stereocenters. The van der Waals surface area contributed by atoms with Crippen molar-refractivity contribution in [1.29, 1.82) is 0 Å². The van der Waals surface area contributed by atoms with Crippen molar-refractivity contribution >= 4 is 27.4 Å². The van der Waals surface area contributed by atoms with Crippen molar-refractivity contribution < 1.29 is 22.3 Å². The van der Waals surface area contributed by atoms with Gasteiger partial charge in [-0.2, -0.15) is 4.31 Å². The summed E-state index contributed by atoms with van der Waals surface area (Å²) in [6.45, 7) is 0.275. The van der Waals surface area contributed by atoms with Crippen molar-refractivity contribution in [2.75, 3.05) is 13.1 Å². The quantitative estimate of drug-likeness (QED) is 0.782. The zero-order chi connectivity index (χ0) is 18.5. The highest BCUT2D eigenvalue weighted by molar-refractivity contribution is 7.89. The zero-order valence-corrected chi connectivity index (χ0v) is 15.2. The van der Waals surface area contributed by atoms with Crippen LogP contribution in [-0.2, 0) is 10.0 Å². The number of carbonyl (C=O) groups excluding carboxylic acids is 1. The van der Waals surface area contributed by atoms with E-state index in [1.165, 1.54) is 10.4 Å². The van der Waals surface area contributed by atoms with E-state index in [0.717, 1.165) is 12.1 Å². The first-order valence-corrected chi connectivity index (χ1v) is 9.89. The van der Waals surface area contributed by atoms with Crippen molar-refractivity contribution in [2.45, 2.75) is 23.3 Å².